The zero-order chi connectivity index (χ0) is 14.7. The third kappa shape index (κ3) is 3.66. The highest BCUT2D eigenvalue weighted by molar-refractivity contribution is 5.89. The maximum absolute atomic E-state index is 11.9. The molecule has 1 amide bonds. The van der Waals surface area contributed by atoms with E-state index in [2.05, 4.69) is 10.1 Å². The summed E-state index contributed by atoms with van der Waals surface area (Å²) >= 11 is 0. The van der Waals surface area contributed by atoms with Crippen molar-refractivity contribution in [2.75, 3.05) is 0 Å². The summed E-state index contributed by atoms with van der Waals surface area (Å²) in [4.78, 5) is 22.2. The molecule has 20 heavy (non-hydrogen) atoms. The van der Waals surface area contributed by atoms with E-state index < -0.39 is 24.4 Å². The maximum atomic E-state index is 11.9. The minimum Gasteiger partial charge on any atom is -0.481 e. The third-order valence-corrected chi connectivity index (χ3v) is 3.06. The maximum Gasteiger partial charge on any atom is 0.387 e. The van der Waals surface area contributed by atoms with Crippen LogP contribution in [0.15, 0.2) is 24.3 Å². The molecule has 7 heteroatoms. The van der Waals surface area contributed by atoms with Crippen LogP contribution in [0.1, 0.15) is 12.0 Å². The molecule has 0 heterocycles. The fourth-order valence-corrected chi connectivity index (χ4v) is 1.87. The second-order valence-corrected chi connectivity index (χ2v) is 4.53. The van der Waals surface area contributed by atoms with Crippen LogP contribution in [0, 0.1) is 11.8 Å². The molecule has 0 saturated heterocycles. The van der Waals surface area contributed by atoms with Crippen LogP contribution >= 0.6 is 0 Å². The van der Waals surface area contributed by atoms with E-state index in [0.717, 1.165) is 0 Å². The zero-order valence-electron chi connectivity index (χ0n) is 10.4. The largest absolute Gasteiger partial charge is 0.481 e. The molecule has 0 bridgehead atoms. The van der Waals surface area contributed by atoms with Crippen LogP contribution in [0.25, 0.3) is 0 Å². The van der Waals surface area contributed by atoms with E-state index in [0.29, 0.717) is 12.0 Å². The van der Waals surface area contributed by atoms with E-state index in [4.69, 9.17) is 5.11 Å². The van der Waals surface area contributed by atoms with Crippen LogP contribution in [-0.2, 0) is 16.1 Å². The number of carbonyl (C=O) groups excluding carboxylic acids is 1. The van der Waals surface area contributed by atoms with Crippen LogP contribution in [0.4, 0.5) is 8.78 Å². The van der Waals surface area contributed by atoms with Crippen molar-refractivity contribution in [2.45, 2.75) is 19.6 Å². The highest BCUT2D eigenvalue weighted by atomic mass is 19.3. The predicted octanol–water partition coefficient (Wildman–Crippen LogP) is 1.62. The Labute approximate surface area is 113 Å². The molecule has 108 valence electrons. The van der Waals surface area contributed by atoms with Crippen molar-refractivity contribution in [3.05, 3.63) is 29.8 Å². The van der Waals surface area contributed by atoms with Crippen molar-refractivity contribution < 1.29 is 28.2 Å². The average molecular weight is 285 g/mol. The van der Waals surface area contributed by atoms with Gasteiger partial charge in [-0.15, -0.1) is 0 Å². The number of alkyl halides is 2. The molecule has 1 aromatic carbocycles. The molecule has 1 saturated carbocycles. The van der Waals surface area contributed by atoms with Gasteiger partial charge in [0.1, 0.15) is 5.75 Å². The highest BCUT2D eigenvalue weighted by Crippen LogP contribution is 2.38. The first-order valence-corrected chi connectivity index (χ1v) is 6.01. The Morgan fingerprint density at radius 1 is 1.30 bits per heavy atom. The second-order valence-electron chi connectivity index (χ2n) is 4.53. The molecular weight excluding hydrogens is 272 g/mol. The Morgan fingerprint density at radius 3 is 2.45 bits per heavy atom. The summed E-state index contributed by atoms with van der Waals surface area (Å²) in [7, 11) is 0. The second kappa shape index (κ2) is 5.85. The molecule has 0 aromatic heterocycles. The van der Waals surface area contributed by atoms with Crippen LogP contribution in [0.5, 0.6) is 5.75 Å². The number of benzene rings is 1. The van der Waals surface area contributed by atoms with E-state index in [1.165, 1.54) is 12.1 Å². The molecule has 2 atom stereocenters. The quantitative estimate of drug-likeness (QED) is 0.833. The number of ether oxygens (including phenoxy) is 1. The van der Waals surface area contributed by atoms with Crippen LogP contribution in [0.3, 0.4) is 0 Å². The van der Waals surface area contributed by atoms with Gasteiger partial charge in [0, 0.05) is 6.54 Å². The molecule has 0 unspecified atom stereocenters. The van der Waals surface area contributed by atoms with Gasteiger partial charge in [-0.3, -0.25) is 9.59 Å². The lowest BCUT2D eigenvalue weighted by Gasteiger charge is -2.07. The fraction of sp³-hybridized carbons (Fsp3) is 0.385. The summed E-state index contributed by atoms with van der Waals surface area (Å²) in [6, 6.07) is 5.87. The van der Waals surface area contributed by atoms with Crippen molar-refractivity contribution in [3.8, 4) is 5.75 Å². The minimum absolute atomic E-state index is 0.0446. The number of hydrogen-bond acceptors (Lipinski definition) is 3. The number of nitrogens with one attached hydrogen (secondary N) is 1. The number of carboxylic acids is 1. The van der Waals surface area contributed by atoms with Gasteiger partial charge in [-0.1, -0.05) is 12.1 Å². The summed E-state index contributed by atoms with van der Waals surface area (Å²) in [6.45, 7) is -2.65. The Morgan fingerprint density at radius 2 is 1.95 bits per heavy atom. The van der Waals surface area contributed by atoms with Crippen molar-refractivity contribution in [3.63, 3.8) is 0 Å². The molecule has 0 radical (unpaired) electrons. The topological polar surface area (TPSA) is 75.6 Å². The third-order valence-electron chi connectivity index (χ3n) is 3.06. The monoisotopic (exact) mass is 285 g/mol. The Bertz CT molecular complexity index is 504. The first-order chi connectivity index (χ1) is 9.47. The first kappa shape index (κ1) is 14.2. The first-order valence-electron chi connectivity index (χ1n) is 6.01. The highest BCUT2D eigenvalue weighted by Gasteiger charge is 2.48. The molecule has 1 aliphatic rings. The van der Waals surface area contributed by atoms with Gasteiger partial charge in [-0.05, 0) is 24.1 Å². The zero-order valence-corrected chi connectivity index (χ0v) is 10.4. The number of amides is 1. The molecule has 1 aromatic rings. The van der Waals surface area contributed by atoms with Gasteiger partial charge in [0.15, 0.2) is 0 Å². The SMILES string of the molecule is O=C(O)[C@H]1C[C@H]1C(=O)NCc1ccc(OC(F)F)cc1. The van der Waals surface area contributed by atoms with Gasteiger partial charge >= 0.3 is 12.6 Å². The summed E-state index contributed by atoms with van der Waals surface area (Å²) in [6.07, 6.45) is 0.363. The molecule has 0 spiro atoms. The number of carboxylic acid groups (broad SMARTS) is 1. The van der Waals surface area contributed by atoms with E-state index in [9.17, 15) is 18.4 Å². The van der Waals surface area contributed by atoms with Gasteiger partial charge in [0.25, 0.3) is 0 Å². The lowest BCUT2D eigenvalue weighted by Crippen LogP contribution is -2.25. The Balaban J connectivity index is 1.80. The molecule has 0 aliphatic heterocycles. The molecule has 5 nitrogen and oxygen atoms in total. The summed E-state index contributed by atoms with van der Waals surface area (Å²) in [5.74, 6) is -2.27. The smallest absolute Gasteiger partial charge is 0.387 e. The summed E-state index contributed by atoms with van der Waals surface area (Å²) < 4.78 is 28.1. The number of aliphatic carboxylic acids is 1. The number of halogens is 2. The average Bonchev–Trinajstić information content (AvgIpc) is 3.17. The van der Waals surface area contributed by atoms with Gasteiger partial charge in [0.2, 0.25) is 5.91 Å². The minimum atomic E-state index is -2.87. The van der Waals surface area contributed by atoms with E-state index in [1.54, 1.807) is 12.1 Å². The number of rotatable bonds is 6. The van der Waals surface area contributed by atoms with Crippen molar-refractivity contribution in [1.82, 2.24) is 5.32 Å². The van der Waals surface area contributed by atoms with Gasteiger partial charge in [0.05, 0.1) is 11.8 Å². The lowest BCUT2D eigenvalue weighted by molar-refractivity contribution is -0.140. The summed E-state index contributed by atoms with van der Waals surface area (Å²) in [5, 5.41) is 11.3. The predicted molar refractivity (Wildman–Crippen MR) is 64.2 cm³/mol. The Kier molecular flexibility index (Phi) is 4.16. The number of carbonyl (C=O) groups is 2. The normalized spacial score (nSPS) is 20.6. The van der Waals surface area contributed by atoms with Gasteiger partial charge in [-0.25, -0.2) is 0 Å². The Hall–Kier alpha value is -2.18. The van der Waals surface area contributed by atoms with E-state index >= 15 is 0 Å². The summed E-state index contributed by atoms with van der Waals surface area (Å²) in [5.41, 5.74) is 0.715. The standard InChI is InChI=1S/C13H13F2NO4/c14-13(15)20-8-3-1-7(2-4-8)6-16-11(17)9-5-10(9)12(18)19/h1-4,9-10,13H,5-6H2,(H,16,17)(H,18,19)/t9-,10+/m1/s1. The number of hydrogen-bond donors (Lipinski definition) is 2. The molecule has 1 fully saturated rings. The molecule has 2 N–H and O–H groups in total. The molecule has 1 aliphatic carbocycles. The van der Waals surface area contributed by atoms with Crippen molar-refractivity contribution >= 4 is 11.9 Å². The van der Waals surface area contributed by atoms with Crippen LogP contribution in [-0.4, -0.2) is 23.6 Å². The van der Waals surface area contributed by atoms with E-state index in [-0.39, 0.29) is 18.2 Å². The van der Waals surface area contributed by atoms with Crippen molar-refractivity contribution in [1.29, 1.82) is 0 Å². The molecular formula is C13H13F2NO4. The van der Waals surface area contributed by atoms with Gasteiger partial charge < -0.3 is 15.2 Å². The fourth-order valence-electron chi connectivity index (χ4n) is 1.87. The lowest BCUT2D eigenvalue weighted by atomic mass is 10.2. The van der Waals surface area contributed by atoms with Crippen molar-refractivity contribution in [2.24, 2.45) is 11.8 Å². The van der Waals surface area contributed by atoms with E-state index in [1.807, 2.05) is 0 Å². The van der Waals surface area contributed by atoms with Crippen LogP contribution in [0.2, 0.25) is 0 Å². The molecule has 2 rings (SSSR count). The van der Waals surface area contributed by atoms with Gasteiger partial charge in [-0.2, -0.15) is 8.78 Å². The van der Waals surface area contributed by atoms with Crippen LogP contribution < -0.4 is 10.1 Å².